The van der Waals surface area contributed by atoms with Crippen molar-refractivity contribution in [1.29, 1.82) is 0 Å². The molecule has 0 saturated heterocycles. The highest BCUT2D eigenvalue weighted by atomic mass is 32.2. The molecule has 0 fully saturated rings. The number of aromatic nitrogens is 7. The zero-order valence-electron chi connectivity index (χ0n) is 18.9. The van der Waals surface area contributed by atoms with Crippen LogP contribution in [0.3, 0.4) is 0 Å². The Morgan fingerprint density at radius 1 is 1.03 bits per heavy atom. The SMILES string of the molecule is CCS(=O)(=O)c1c(-c2nc3cc(C(F)(F)F)ncc3n2C)nc(-c2c(C)nn(C)c2C)n1C. The molecule has 0 aromatic carbocycles. The van der Waals surface area contributed by atoms with Crippen molar-refractivity contribution in [2.24, 2.45) is 21.1 Å². The van der Waals surface area contributed by atoms with Crippen LogP contribution in [0, 0.1) is 13.8 Å². The van der Waals surface area contributed by atoms with Crippen molar-refractivity contribution in [2.45, 2.75) is 32.0 Å². The first-order chi connectivity index (χ1) is 15.3. The van der Waals surface area contributed by atoms with Gasteiger partial charge in [-0.05, 0) is 19.9 Å². The fraction of sp³-hybridized carbons (Fsp3) is 0.400. The summed E-state index contributed by atoms with van der Waals surface area (Å²) in [7, 11) is 1.17. The molecule has 0 bridgehead atoms. The number of nitrogens with zero attached hydrogens (tertiary/aromatic N) is 7. The molecule has 0 spiro atoms. The molecule has 4 heterocycles. The second-order valence-corrected chi connectivity index (χ2v) is 9.97. The Balaban J connectivity index is 2.05. The van der Waals surface area contributed by atoms with Crippen molar-refractivity contribution in [3.63, 3.8) is 0 Å². The van der Waals surface area contributed by atoms with Crippen LogP contribution in [-0.4, -0.2) is 48.0 Å². The minimum absolute atomic E-state index is 0.0376. The van der Waals surface area contributed by atoms with E-state index in [4.69, 9.17) is 0 Å². The highest BCUT2D eigenvalue weighted by molar-refractivity contribution is 7.91. The Labute approximate surface area is 187 Å². The lowest BCUT2D eigenvalue weighted by atomic mass is 10.2. The average Bonchev–Trinajstić information content (AvgIpc) is 3.32. The average molecular weight is 482 g/mol. The molecule has 33 heavy (non-hydrogen) atoms. The first kappa shape index (κ1) is 23.0. The lowest BCUT2D eigenvalue weighted by Gasteiger charge is -2.08. The Kier molecular flexibility index (Phi) is 5.15. The molecule has 0 aliphatic rings. The Hall–Kier alpha value is -3.22. The molecule has 176 valence electrons. The summed E-state index contributed by atoms with van der Waals surface area (Å²) >= 11 is 0. The first-order valence-corrected chi connectivity index (χ1v) is 11.6. The maximum atomic E-state index is 13.1. The summed E-state index contributed by atoms with van der Waals surface area (Å²) in [6, 6.07) is 0.839. The van der Waals surface area contributed by atoms with E-state index in [1.807, 2.05) is 6.92 Å². The van der Waals surface area contributed by atoms with Gasteiger partial charge < -0.3 is 9.13 Å². The quantitative estimate of drug-likeness (QED) is 0.444. The van der Waals surface area contributed by atoms with Crippen LogP contribution in [0.5, 0.6) is 0 Å². The summed E-state index contributed by atoms with van der Waals surface area (Å²) in [6.45, 7) is 5.15. The summed E-state index contributed by atoms with van der Waals surface area (Å²) in [6.07, 6.45) is -3.56. The number of imidazole rings is 2. The maximum Gasteiger partial charge on any atom is 0.433 e. The van der Waals surface area contributed by atoms with Crippen molar-refractivity contribution >= 4 is 20.9 Å². The van der Waals surface area contributed by atoms with Gasteiger partial charge in [0.05, 0.1) is 34.2 Å². The van der Waals surface area contributed by atoms with Crippen LogP contribution in [0.2, 0.25) is 0 Å². The van der Waals surface area contributed by atoms with Crippen LogP contribution in [0.1, 0.15) is 24.0 Å². The van der Waals surface area contributed by atoms with E-state index in [2.05, 4.69) is 20.1 Å². The van der Waals surface area contributed by atoms with Crippen molar-refractivity contribution in [3.8, 4) is 22.9 Å². The lowest BCUT2D eigenvalue weighted by molar-refractivity contribution is -0.141. The molecule has 0 N–H and O–H groups in total. The van der Waals surface area contributed by atoms with E-state index in [0.717, 1.165) is 18.0 Å². The van der Waals surface area contributed by atoms with Crippen LogP contribution in [0.25, 0.3) is 33.9 Å². The van der Waals surface area contributed by atoms with Crippen molar-refractivity contribution in [1.82, 2.24) is 33.9 Å². The van der Waals surface area contributed by atoms with Crippen LogP contribution < -0.4 is 0 Å². The van der Waals surface area contributed by atoms with Gasteiger partial charge in [0.1, 0.15) is 17.2 Å². The molecule has 0 unspecified atom stereocenters. The van der Waals surface area contributed by atoms with Gasteiger partial charge in [0.15, 0.2) is 20.7 Å². The standard InChI is InChI=1S/C20H22F3N7O2S/c1-7-33(31,32)19-16(26-17(29(19)5)15-10(2)27-30(6)11(15)3)18-25-12-8-14(20(21,22)23)24-9-13(12)28(18)4/h8-9H,7H2,1-6H3. The van der Waals surface area contributed by atoms with E-state index >= 15 is 0 Å². The number of fused-ring (bicyclic) bond motifs is 1. The molecule has 4 aromatic heterocycles. The van der Waals surface area contributed by atoms with Crippen LogP contribution >= 0.6 is 0 Å². The summed E-state index contributed by atoms with van der Waals surface area (Å²) < 4.78 is 70.2. The number of hydrogen-bond donors (Lipinski definition) is 0. The molecule has 13 heteroatoms. The fourth-order valence-corrected chi connectivity index (χ4v) is 5.11. The number of aryl methyl sites for hydroxylation is 3. The third-order valence-electron chi connectivity index (χ3n) is 5.72. The molecule has 0 saturated carbocycles. The van der Waals surface area contributed by atoms with Gasteiger partial charge in [0, 0.05) is 26.8 Å². The monoisotopic (exact) mass is 481 g/mol. The normalized spacial score (nSPS) is 12.8. The molecule has 0 radical (unpaired) electrons. The summed E-state index contributed by atoms with van der Waals surface area (Å²) in [5.74, 6) is 0.314. The molecule has 4 aromatic rings. The molecular formula is C20H22F3N7O2S. The number of halogens is 3. The zero-order chi connectivity index (χ0) is 24.5. The van der Waals surface area contributed by atoms with E-state index < -0.39 is 21.7 Å². The van der Waals surface area contributed by atoms with Gasteiger partial charge in [0.2, 0.25) is 0 Å². The second kappa shape index (κ2) is 7.40. The van der Waals surface area contributed by atoms with E-state index in [1.54, 1.807) is 32.7 Å². The van der Waals surface area contributed by atoms with Crippen LogP contribution in [0.15, 0.2) is 17.3 Å². The summed E-state index contributed by atoms with van der Waals surface area (Å²) in [4.78, 5) is 12.4. The highest BCUT2D eigenvalue weighted by Crippen LogP contribution is 2.36. The molecule has 0 aliphatic heterocycles. The number of alkyl halides is 3. The number of sulfone groups is 1. The molecule has 0 atom stereocenters. The topological polar surface area (TPSA) is 100 Å². The van der Waals surface area contributed by atoms with E-state index in [9.17, 15) is 21.6 Å². The van der Waals surface area contributed by atoms with E-state index in [-0.39, 0.29) is 27.8 Å². The molecular weight excluding hydrogens is 459 g/mol. The fourth-order valence-electron chi connectivity index (χ4n) is 3.90. The van der Waals surface area contributed by atoms with Crippen molar-refractivity contribution in [2.75, 3.05) is 5.75 Å². The van der Waals surface area contributed by atoms with Crippen molar-refractivity contribution in [3.05, 3.63) is 29.3 Å². The van der Waals surface area contributed by atoms with E-state index in [1.165, 1.54) is 16.1 Å². The molecule has 9 nitrogen and oxygen atoms in total. The van der Waals surface area contributed by atoms with Crippen LogP contribution in [-0.2, 0) is 37.2 Å². The van der Waals surface area contributed by atoms with Gasteiger partial charge in [-0.3, -0.25) is 4.68 Å². The van der Waals surface area contributed by atoms with Gasteiger partial charge in [-0.2, -0.15) is 18.3 Å². The summed E-state index contributed by atoms with van der Waals surface area (Å²) in [5.41, 5.74) is 1.47. The maximum absolute atomic E-state index is 13.1. The Bertz CT molecular complexity index is 1510. The van der Waals surface area contributed by atoms with E-state index in [0.29, 0.717) is 22.6 Å². The van der Waals surface area contributed by atoms with Gasteiger partial charge >= 0.3 is 6.18 Å². The predicted molar refractivity (Wildman–Crippen MR) is 115 cm³/mol. The Morgan fingerprint density at radius 2 is 1.70 bits per heavy atom. The first-order valence-electron chi connectivity index (χ1n) is 9.98. The number of pyridine rings is 1. The smallest absolute Gasteiger partial charge is 0.324 e. The van der Waals surface area contributed by atoms with Gasteiger partial charge in [-0.15, -0.1) is 0 Å². The van der Waals surface area contributed by atoms with Crippen LogP contribution in [0.4, 0.5) is 13.2 Å². The number of rotatable bonds is 4. The largest absolute Gasteiger partial charge is 0.433 e. The highest BCUT2D eigenvalue weighted by Gasteiger charge is 2.34. The molecule has 0 aliphatic carbocycles. The van der Waals surface area contributed by atoms with Gasteiger partial charge in [-0.1, -0.05) is 6.92 Å². The summed E-state index contributed by atoms with van der Waals surface area (Å²) in [5, 5.41) is 4.32. The minimum Gasteiger partial charge on any atom is -0.324 e. The minimum atomic E-state index is -4.63. The second-order valence-electron chi connectivity index (χ2n) is 7.77. The van der Waals surface area contributed by atoms with Crippen molar-refractivity contribution < 1.29 is 21.6 Å². The Morgan fingerprint density at radius 3 is 2.24 bits per heavy atom. The third-order valence-corrected chi connectivity index (χ3v) is 7.54. The molecule has 4 rings (SSSR count). The van der Waals surface area contributed by atoms with Gasteiger partial charge in [0.25, 0.3) is 0 Å². The lowest BCUT2D eigenvalue weighted by Crippen LogP contribution is -2.11. The third kappa shape index (κ3) is 3.50. The number of hydrogen-bond acceptors (Lipinski definition) is 6. The zero-order valence-corrected chi connectivity index (χ0v) is 19.7. The predicted octanol–water partition coefficient (Wildman–Crippen LogP) is 3.20. The molecule has 0 amide bonds. The van der Waals surface area contributed by atoms with Gasteiger partial charge in [-0.25, -0.2) is 23.4 Å².